The molecule has 1 aliphatic heterocycles. The maximum absolute atomic E-state index is 11.9. The maximum atomic E-state index is 11.9. The van der Waals surface area contributed by atoms with Crippen LogP contribution in [0.25, 0.3) is 0 Å². The van der Waals surface area contributed by atoms with E-state index in [4.69, 9.17) is 2.74 Å². The number of ketones is 1. The van der Waals surface area contributed by atoms with Gasteiger partial charge in [0, 0.05) is 15.1 Å². The van der Waals surface area contributed by atoms with Gasteiger partial charge in [-0.3, -0.25) is 9.59 Å². The molecule has 1 saturated heterocycles. The van der Waals surface area contributed by atoms with Crippen LogP contribution in [0, 0.1) is 17.8 Å². The summed E-state index contributed by atoms with van der Waals surface area (Å²) < 4.78 is 16.9. The largest absolute Gasteiger partial charge is 0.481 e. The first kappa shape index (κ1) is 13.9. The van der Waals surface area contributed by atoms with Gasteiger partial charge in [0.1, 0.15) is 5.78 Å². The molecule has 0 amide bonds. The minimum atomic E-state index is -1.99. The molecule has 120 valence electrons. The van der Waals surface area contributed by atoms with E-state index in [0.29, 0.717) is 25.1 Å². The quantitative estimate of drug-likeness (QED) is 0.811. The summed E-state index contributed by atoms with van der Waals surface area (Å²) in [5.74, 6) is -2.46. The lowest BCUT2D eigenvalue weighted by Gasteiger charge is -2.19. The van der Waals surface area contributed by atoms with Crippen LogP contribution in [-0.4, -0.2) is 29.9 Å². The van der Waals surface area contributed by atoms with Gasteiger partial charge in [-0.1, -0.05) is 38.1 Å². The van der Waals surface area contributed by atoms with Crippen molar-refractivity contribution in [1.29, 1.82) is 0 Å². The zero-order valence-electron chi connectivity index (χ0n) is 15.1. The van der Waals surface area contributed by atoms with E-state index in [9.17, 15) is 14.7 Å². The smallest absolute Gasteiger partial charge is 0.307 e. The molecule has 2 N–H and O–H groups in total. The Morgan fingerprint density at radius 2 is 2.14 bits per heavy atom. The third kappa shape index (κ3) is 4.41. The van der Waals surface area contributed by atoms with Gasteiger partial charge >= 0.3 is 5.97 Å². The molecular weight excluding hydrogens is 278 g/mol. The Labute approximate surface area is 134 Å². The van der Waals surface area contributed by atoms with Gasteiger partial charge < -0.3 is 10.4 Å². The van der Waals surface area contributed by atoms with E-state index in [1.54, 1.807) is 24.3 Å². The zero-order chi connectivity index (χ0) is 17.9. The van der Waals surface area contributed by atoms with Crippen molar-refractivity contribution in [3.05, 3.63) is 35.4 Å². The third-order valence-corrected chi connectivity index (χ3v) is 4.11. The summed E-state index contributed by atoms with van der Waals surface area (Å²) in [5.41, 5.74) is 1.06. The maximum Gasteiger partial charge on any atom is 0.307 e. The van der Waals surface area contributed by atoms with Crippen LogP contribution >= 0.6 is 0 Å². The molecule has 1 aromatic rings. The molecule has 0 spiro atoms. The van der Waals surface area contributed by atoms with Crippen LogP contribution in [0.3, 0.4) is 0 Å². The lowest BCUT2D eigenvalue weighted by atomic mass is 9.85. The number of hydrogen-bond acceptors (Lipinski definition) is 3. The number of Topliss-reactive ketones (excluding diaryl/α,β-unsaturated/α-hetero) is 1. The molecule has 0 unspecified atom stereocenters. The molecule has 0 saturated carbocycles. The molecule has 0 aromatic heterocycles. The number of carboxylic acid groups (broad SMARTS) is 1. The highest BCUT2D eigenvalue weighted by atomic mass is 16.4. The number of rotatable bonds is 7. The summed E-state index contributed by atoms with van der Waals surface area (Å²) in [6, 6.07) is 6.73. The van der Waals surface area contributed by atoms with Gasteiger partial charge in [-0.05, 0) is 42.9 Å². The first-order chi connectivity index (χ1) is 11.2. The molecular formula is C18H25NO3. The minimum absolute atomic E-state index is 0.0817. The number of carbonyl (C=O) groups excluding carboxylic acids is 1. The summed E-state index contributed by atoms with van der Waals surface area (Å²) in [6.45, 7) is 4.90. The standard InChI is InChI=1S/C18H25NO3/c1-12(2)17(20)10-14-5-3-4-13(8-14)9-16(18(21)22)15-6-7-19-11-15/h3-5,8,12,15-16,19H,6-7,9-11H2,1-2H3,(H,21,22)/t15-,16-/m0/s1/i9D2. The Hall–Kier alpha value is -1.68. The molecule has 22 heavy (non-hydrogen) atoms. The number of benzene rings is 1. The average Bonchev–Trinajstić information content (AvgIpc) is 3.00. The van der Waals surface area contributed by atoms with Crippen molar-refractivity contribution in [3.8, 4) is 0 Å². The van der Waals surface area contributed by atoms with Crippen molar-refractivity contribution in [3.63, 3.8) is 0 Å². The van der Waals surface area contributed by atoms with E-state index in [1.165, 1.54) is 0 Å². The lowest BCUT2D eigenvalue weighted by Crippen LogP contribution is -2.27. The van der Waals surface area contributed by atoms with Crippen LogP contribution in [0.5, 0.6) is 0 Å². The molecule has 1 aromatic carbocycles. The van der Waals surface area contributed by atoms with E-state index < -0.39 is 18.3 Å². The van der Waals surface area contributed by atoms with Crippen molar-refractivity contribution in [2.45, 2.75) is 33.1 Å². The Balaban J connectivity index is 2.29. The highest BCUT2D eigenvalue weighted by Gasteiger charge is 2.30. The van der Waals surface area contributed by atoms with Gasteiger partial charge in [-0.2, -0.15) is 0 Å². The first-order valence-corrected chi connectivity index (χ1v) is 7.79. The van der Waals surface area contributed by atoms with Crippen molar-refractivity contribution in [1.82, 2.24) is 5.32 Å². The van der Waals surface area contributed by atoms with Gasteiger partial charge in [-0.15, -0.1) is 0 Å². The summed E-state index contributed by atoms with van der Waals surface area (Å²) in [7, 11) is 0. The highest BCUT2D eigenvalue weighted by Crippen LogP contribution is 2.24. The van der Waals surface area contributed by atoms with Crippen molar-refractivity contribution in [2.24, 2.45) is 17.8 Å². The number of hydrogen-bond donors (Lipinski definition) is 2. The fourth-order valence-corrected chi connectivity index (χ4v) is 2.70. The Morgan fingerprint density at radius 3 is 2.73 bits per heavy atom. The van der Waals surface area contributed by atoms with Gasteiger partial charge in [0.15, 0.2) is 0 Å². The second-order valence-corrected chi connectivity index (χ2v) is 6.21. The van der Waals surface area contributed by atoms with E-state index in [2.05, 4.69) is 5.32 Å². The zero-order valence-corrected chi connectivity index (χ0v) is 13.1. The van der Waals surface area contributed by atoms with E-state index in [1.807, 2.05) is 13.8 Å². The predicted molar refractivity (Wildman–Crippen MR) is 85.8 cm³/mol. The fraction of sp³-hybridized carbons (Fsp3) is 0.556. The molecule has 0 radical (unpaired) electrons. The molecule has 2 atom stereocenters. The molecule has 0 aliphatic carbocycles. The minimum Gasteiger partial charge on any atom is -0.481 e. The van der Waals surface area contributed by atoms with Gasteiger partial charge in [-0.25, -0.2) is 0 Å². The van der Waals surface area contributed by atoms with Crippen molar-refractivity contribution < 1.29 is 17.4 Å². The molecule has 0 bridgehead atoms. The molecule has 4 nitrogen and oxygen atoms in total. The predicted octanol–water partition coefficient (Wildman–Crippen LogP) is 2.31. The topological polar surface area (TPSA) is 66.4 Å². The normalized spacial score (nSPS) is 21.3. The number of aliphatic carboxylic acids is 1. The monoisotopic (exact) mass is 305 g/mol. The van der Waals surface area contributed by atoms with Crippen LogP contribution in [-0.2, 0) is 22.4 Å². The molecule has 1 heterocycles. The van der Waals surface area contributed by atoms with Crippen LogP contribution in [0.1, 0.15) is 34.1 Å². The Morgan fingerprint density at radius 1 is 1.41 bits per heavy atom. The van der Waals surface area contributed by atoms with Crippen molar-refractivity contribution in [2.75, 3.05) is 13.1 Å². The van der Waals surface area contributed by atoms with Gasteiger partial charge in [0.05, 0.1) is 5.92 Å². The molecule has 4 heteroatoms. The van der Waals surface area contributed by atoms with Crippen LogP contribution in [0.4, 0.5) is 0 Å². The summed E-state index contributed by atoms with van der Waals surface area (Å²) in [4.78, 5) is 23.7. The van der Waals surface area contributed by atoms with Crippen LogP contribution in [0.15, 0.2) is 24.3 Å². The number of carboxylic acids is 1. The lowest BCUT2D eigenvalue weighted by molar-refractivity contribution is -0.143. The SMILES string of the molecule is [2H]C([2H])(c1cccc(CC(=O)C(C)C)c1)[C@H](C(=O)O)[C@H]1CCNC1. The molecule has 1 aliphatic rings. The average molecular weight is 305 g/mol. The highest BCUT2D eigenvalue weighted by molar-refractivity contribution is 5.82. The molecule has 2 rings (SSSR count). The summed E-state index contributed by atoms with van der Waals surface area (Å²) in [6.07, 6.45) is -1.09. The van der Waals surface area contributed by atoms with Crippen LogP contribution < -0.4 is 5.32 Å². The van der Waals surface area contributed by atoms with E-state index >= 15 is 0 Å². The fourth-order valence-electron chi connectivity index (χ4n) is 2.70. The first-order valence-electron chi connectivity index (χ1n) is 8.79. The summed E-state index contributed by atoms with van der Waals surface area (Å²) >= 11 is 0. The Bertz CT molecular complexity index is 610. The van der Waals surface area contributed by atoms with Gasteiger partial charge in [0.25, 0.3) is 0 Å². The summed E-state index contributed by atoms with van der Waals surface area (Å²) in [5, 5.41) is 12.7. The number of nitrogens with one attached hydrogen (secondary N) is 1. The second-order valence-electron chi connectivity index (χ2n) is 6.21. The Kier molecular flexibility index (Phi) is 4.78. The second kappa shape index (κ2) is 7.54. The van der Waals surface area contributed by atoms with Gasteiger partial charge in [0.2, 0.25) is 0 Å². The van der Waals surface area contributed by atoms with E-state index in [0.717, 1.165) is 5.56 Å². The van der Waals surface area contributed by atoms with Crippen molar-refractivity contribution >= 4 is 11.8 Å². The third-order valence-electron chi connectivity index (χ3n) is 4.11. The van der Waals surface area contributed by atoms with Crippen LogP contribution in [0.2, 0.25) is 0 Å². The number of carbonyl (C=O) groups is 2. The molecule has 1 fully saturated rings. The van der Waals surface area contributed by atoms with E-state index in [-0.39, 0.29) is 24.0 Å².